The van der Waals surface area contributed by atoms with Crippen LogP contribution in [0.1, 0.15) is 5.69 Å². The molecule has 0 aliphatic heterocycles. The molecule has 0 bridgehead atoms. The van der Waals surface area contributed by atoms with Crippen molar-refractivity contribution in [1.29, 1.82) is 0 Å². The standard InChI is InChI=1S/C9H9BrN4/c1-6-2-3-14(13-6)9-7(10)4-12-5-8(9)11/h2-5H,11H2,1H3. The third-order valence-corrected chi connectivity index (χ3v) is 2.43. The Hall–Kier alpha value is -1.36. The molecule has 0 saturated carbocycles. The average Bonchev–Trinajstić information content (AvgIpc) is 2.51. The summed E-state index contributed by atoms with van der Waals surface area (Å²) in [5, 5.41) is 4.28. The lowest BCUT2D eigenvalue weighted by Crippen LogP contribution is -2.02. The van der Waals surface area contributed by atoms with Crippen LogP contribution in [0.2, 0.25) is 0 Å². The number of nitrogen functional groups attached to an aromatic ring is 1. The average molecular weight is 253 g/mol. The Labute approximate surface area is 89.9 Å². The van der Waals surface area contributed by atoms with E-state index in [9.17, 15) is 0 Å². The molecule has 0 spiro atoms. The molecule has 2 N–H and O–H groups in total. The van der Waals surface area contributed by atoms with Gasteiger partial charge in [-0.3, -0.25) is 4.98 Å². The van der Waals surface area contributed by atoms with E-state index in [4.69, 9.17) is 5.73 Å². The third-order valence-electron chi connectivity index (χ3n) is 1.85. The van der Waals surface area contributed by atoms with Crippen LogP contribution >= 0.6 is 15.9 Å². The van der Waals surface area contributed by atoms with Crippen LogP contribution in [-0.2, 0) is 0 Å². The molecule has 4 nitrogen and oxygen atoms in total. The van der Waals surface area contributed by atoms with Gasteiger partial charge in [-0.05, 0) is 28.9 Å². The summed E-state index contributed by atoms with van der Waals surface area (Å²) >= 11 is 3.39. The first-order valence-electron chi connectivity index (χ1n) is 4.10. The highest BCUT2D eigenvalue weighted by molar-refractivity contribution is 9.10. The molecule has 2 aromatic rings. The second-order valence-corrected chi connectivity index (χ2v) is 3.82. The molecular formula is C9H9BrN4. The van der Waals surface area contributed by atoms with Gasteiger partial charge in [0, 0.05) is 12.4 Å². The fraction of sp³-hybridized carbons (Fsp3) is 0.111. The van der Waals surface area contributed by atoms with Gasteiger partial charge < -0.3 is 5.73 Å². The summed E-state index contributed by atoms with van der Waals surface area (Å²) in [5.41, 5.74) is 8.19. The van der Waals surface area contributed by atoms with Gasteiger partial charge in [0.25, 0.3) is 0 Å². The molecule has 2 aromatic heterocycles. The molecule has 0 fully saturated rings. The molecule has 2 rings (SSSR count). The topological polar surface area (TPSA) is 56.7 Å². The van der Waals surface area contributed by atoms with Crippen molar-refractivity contribution in [1.82, 2.24) is 14.8 Å². The maximum Gasteiger partial charge on any atom is 0.105 e. The lowest BCUT2D eigenvalue weighted by molar-refractivity contribution is 0.858. The summed E-state index contributed by atoms with van der Waals surface area (Å²) in [6, 6.07) is 1.92. The van der Waals surface area contributed by atoms with Crippen molar-refractivity contribution in [3.8, 4) is 5.69 Å². The Morgan fingerprint density at radius 2 is 2.21 bits per heavy atom. The predicted octanol–water partition coefficient (Wildman–Crippen LogP) is 1.92. The summed E-state index contributed by atoms with van der Waals surface area (Å²) < 4.78 is 2.57. The van der Waals surface area contributed by atoms with Gasteiger partial charge in [-0.1, -0.05) is 0 Å². The number of hydrogen-bond donors (Lipinski definition) is 1. The normalized spacial score (nSPS) is 10.4. The van der Waals surface area contributed by atoms with E-state index in [2.05, 4.69) is 26.0 Å². The number of nitrogens with two attached hydrogens (primary N) is 1. The number of anilines is 1. The van der Waals surface area contributed by atoms with E-state index in [0.717, 1.165) is 15.9 Å². The van der Waals surface area contributed by atoms with Crippen LogP contribution in [0.15, 0.2) is 29.1 Å². The molecule has 5 heteroatoms. The molecule has 2 heterocycles. The monoisotopic (exact) mass is 252 g/mol. The molecule has 0 aliphatic rings. The van der Waals surface area contributed by atoms with Crippen molar-refractivity contribution in [3.05, 3.63) is 34.8 Å². The summed E-state index contributed by atoms with van der Waals surface area (Å²) in [7, 11) is 0. The van der Waals surface area contributed by atoms with E-state index in [1.807, 2.05) is 19.2 Å². The molecule has 0 atom stereocenters. The summed E-state index contributed by atoms with van der Waals surface area (Å²) in [4.78, 5) is 3.96. The number of pyridine rings is 1. The van der Waals surface area contributed by atoms with Crippen LogP contribution in [0.5, 0.6) is 0 Å². The highest BCUT2D eigenvalue weighted by atomic mass is 79.9. The van der Waals surface area contributed by atoms with E-state index in [1.165, 1.54) is 0 Å². The zero-order chi connectivity index (χ0) is 10.1. The van der Waals surface area contributed by atoms with Crippen LogP contribution < -0.4 is 5.73 Å². The lowest BCUT2D eigenvalue weighted by atomic mass is 10.3. The Morgan fingerprint density at radius 3 is 2.79 bits per heavy atom. The molecule has 0 radical (unpaired) electrons. The number of nitrogens with zero attached hydrogens (tertiary/aromatic N) is 3. The predicted molar refractivity (Wildman–Crippen MR) is 58.2 cm³/mol. The molecule has 0 amide bonds. The van der Waals surface area contributed by atoms with E-state index in [0.29, 0.717) is 5.69 Å². The van der Waals surface area contributed by atoms with Gasteiger partial charge in [0.2, 0.25) is 0 Å². The Bertz CT molecular complexity index is 443. The van der Waals surface area contributed by atoms with Crippen molar-refractivity contribution >= 4 is 21.6 Å². The van der Waals surface area contributed by atoms with Gasteiger partial charge in [-0.2, -0.15) is 5.10 Å². The molecule has 0 saturated heterocycles. The summed E-state index contributed by atoms with van der Waals surface area (Å²) in [6.45, 7) is 1.93. The third kappa shape index (κ3) is 1.50. The second-order valence-electron chi connectivity index (χ2n) is 2.96. The zero-order valence-corrected chi connectivity index (χ0v) is 9.19. The number of hydrogen-bond acceptors (Lipinski definition) is 3. The van der Waals surface area contributed by atoms with Crippen LogP contribution in [0, 0.1) is 6.92 Å². The molecule has 0 aliphatic carbocycles. The first kappa shape index (κ1) is 9.21. The van der Waals surface area contributed by atoms with Crippen LogP contribution in [-0.4, -0.2) is 14.8 Å². The first-order chi connectivity index (χ1) is 6.68. The Balaban J connectivity index is 2.61. The van der Waals surface area contributed by atoms with Crippen LogP contribution in [0.4, 0.5) is 5.69 Å². The maximum atomic E-state index is 5.81. The van der Waals surface area contributed by atoms with Crippen molar-refractivity contribution < 1.29 is 0 Å². The minimum absolute atomic E-state index is 0.600. The quantitative estimate of drug-likeness (QED) is 0.844. The fourth-order valence-electron chi connectivity index (χ4n) is 1.22. The van der Waals surface area contributed by atoms with Gasteiger partial charge in [-0.25, -0.2) is 4.68 Å². The summed E-state index contributed by atoms with van der Waals surface area (Å²) in [5.74, 6) is 0. The minimum Gasteiger partial charge on any atom is -0.396 e. The van der Waals surface area contributed by atoms with E-state index >= 15 is 0 Å². The Morgan fingerprint density at radius 1 is 1.43 bits per heavy atom. The first-order valence-corrected chi connectivity index (χ1v) is 4.89. The fourth-order valence-corrected chi connectivity index (χ4v) is 1.75. The van der Waals surface area contributed by atoms with Gasteiger partial charge in [0.05, 0.1) is 22.1 Å². The molecule has 0 unspecified atom stereocenters. The summed E-state index contributed by atoms with van der Waals surface area (Å²) in [6.07, 6.45) is 5.17. The van der Waals surface area contributed by atoms with E-state index in [1.54, 1.807) is 17.1 Å². The van der Waals surface area contributed by atoms with Crippen molar-refractivity contribution in [2.45, 2.75) is 6.92 Å². The maximum absolute atomic E-state index is 5.81. The van der Waals surface area contributed by atoms with E-state index in [-0.39, 0.29) is 0 Å². The Kier molecular flexibility index (Phi) is 2.25. The second kappa shape index (κ2) is 3.42. The van der Waals surface area contributed by atoms with Gasteiger partial charge in [0.1, 0.15) is 5.69 Å². The van der Waals surface area contributed by atoms with Gasteiger partial charge >= 0.3 is 0 Å². The molecule has 14 heavy (non-hydrogen) atoms. The van der Waals surface area contributed by atoms with Gasteiger partial charge in [0.15, 0.2) is 0 Å². The zero-order valence-electron chi connectivity index (χ0n) is 7.61. The van der Waals surface area contributed by atoms with E-state index < -0.39 is 0 Å². The molecule has 72 valence electrons. The molecular weight excluding hydrogens is 244 g/mol. The van der Waals surface area contributed by atoms with Crippen molar-refractivity contribution in [2.24, 2.45) is 0 Å². The van der Waals surface area contributed by atoms with Crippen LogP contribution in [0.3, 0.4) is 0 Å². The van der Waals surface area contributed by atoms with Crippen molar-refractivity contribution in [2.75, 3.05) is 5.73 Å². The smallest absolute Gasteiger partial charge is 0.105 e. The van der Waals surface area contributed by atoms with Crippen molar-refractivity contribution in [3.63, 3.8) is 0 Å². The SMILES string of the molecule is Cc1ccn(-c2c(N)cncc2Br)n1. The number of aromatic nitrogens is 3. The number of rotatable bonds is 1. The van der Waals surface area contributed by atoms with Gasteiger partial charge in [-0.15, -0.1) is 0 Å². The lowest BCUT2D eigenvalue weighted by Gasteiger charge is -2.06. The van der Waals surface area contributed by atoms with Crippen LogP contribution in [0.25, 0.3) is 5.69 Å². The highest BCUT2D eigenvalue weighted by Gasteiger charge is 2.07. The number of halogens is 1. The highest BCUT2D eigenvalue weighted by Crippen LogP contribution is 2.24. The minimum atomic E-state index is 0.600. The molecule has 0 aromatic carbocycles. The largest absolute Gasteiger partial charge is 0.396 e. The number of aryl methyl sites for hydroxylation is 1.